The maximum absolute atomic E-state index is 13.8. The molecule has 0 unspecified atom stereocenters. The summed E-state index contributed by atoms with van der Waals surface area (Å²) in [6.45, 7) is 0.0675. The predicted octanol–water partition coefficient (Wildman–Crippen LogP) is 4.52. The van der Waals surface area contributed by atoms with E-state index in [1.165, 1.54) is 24.5 Å². The van der Waals surface area contributed by atoms with Crippen molar-refractivity contribution in [3.05, 3.63) is 58.2 Å². The first-order chi connectivity index (χ1) is 12.5. The van der Waals surface area contributed by atoms with Crippen molar-refractivity contribution in [2.45, 2.75) is 0 Å². The van der Waals surface area contributed by atoms with Gasteiger partial charge in [0.25, 0.3) is 0 Å². The average molecular weight is 417 g/mol. The molecule has 0 bridgehead atoms. The monoisotopic (exact) mass is 415 g/mol. The van der Waals surface area contributed by atoms with E-state index in [1.54, 1.807) is 12.1 Å². The van der Waals surface area contributed by atoms with Crippen molar-refractivity contribution in [3.63, 3.8) is 0 Å². The lowest BCUT2D eigenvalue weighted by Gasteiger charge is -2.09. The molecule has 0 spiro atoms. The molecule has 3 aromatic rings. The van der Waals surface area contributed by atoms with Crippen LogP contribution in [0.15, 0.2) is 36.7 Å². The summed E-state index contributed by atoms with van der Waals surface area (Å²) in [5.74, 6) is 0.718. The molecule has 0 amide bonds. The Morgan fingerprint density at radius 1 is 0.923 bits per heavy atom. The van der Waals surface area contributed by atoms with Gasteiger partial charge in [0, 0.05) is 12.4 Å². The lowest BCUT2D eigenvalue weighted by Crippen LogP contribution is -1.99. The van der Waals surface area contributed by atoms with Gasteiger partial charge in [0.15, 0.2) is 17.3 Å². The molecule has 0 saturated carbocycles. The van der Waals surface area contributed by atoms with Crippen molar-refractivity contribution in [2.24, 2.45) is 0 Å². The first kappa shape index (κ1) is 18.4. The standard InChI is InChI=1S/C11H7ClFN3O2.C4H2Cl2N2/c12-11-14-4-3-8(16-11)15-9-6(13)1-2-7-10(9)18-5-17-7;5-3-1-2-7-4(6)8-3/h1-4H,5H2,(H,14,15,16);1-2H. The molecule has 0 radical (unpaired) electrons. The van der Waals surface area contributed by atoms with E-state index in [4.69, 9.17) is 44.3 Å². The number of rotatable bonds is 2. The third kappa shape index (κ3) is 4.60. The van der Waals surface area contributed by atoms with Crippen molar-refractivity contribution >= 4 is 46.3 Å². The van der Waals surface area contributed by atoms with Crippen LogP contribution in [0.5, 0.6) is 11.5 Å². The van der Waals surface area contributed by atoms with E-state index >= 15 is 0 Å². The molecule has 26 heavy (non-hydrogen) atoms. The molecule has 134 valence electrons. The minimum Gasteiger partial charge on any atom is -0.454 e. The number of hydrogen-bond acceptors (Lipinski definition) is 7. The summed E-state index contributed by atoms with van der Waals surface area (Å²) >= 11 is 16.4. The van der Waals surface area contributed by atoms with Crippen molar-refractivity contribution in [3.8, 4) is 11.5 Å². The van der Waals surface area contributed by atoms with Crippen molar-refractivity contribution in [1.82, 2.24) is 19.9 Å². The highest BCUT2D eigenvalue weighted by Gasteiger charge is 2.21. The van der Waals surface area contributed by atoms with Crippen LogP contribution in [0.3, 0.4) is 0 Å². The van der Waals surface area contributed by atoms with Crippen LogP contribution < -0.4 is 14.8 Å². The SMILES string of the molecule is Clc1ccnc(Cl)n1.Fc1ccc2c(c1Nc1ccnc(Cl)n1)OCO2. The van der Waals surface area contributed by atoms with Gasteiger partial charge in [-0.25, -0.2) is 24.3 Å². The summed E-state index contributed by atoms with van der Waals surface area (Å²) in [6, 6.07) is 5.93. The second-order valence-corrected chi connectivity index (χ2v) is 5.70. The molecule has 0 aliphatic carbocycles. The van der Waals surface area contributed by atoms with Crippen LogP contribution in [0.25, 0.3) is 0 Å². The zero-order valence-corrected chi connectivity index (χ0v) is 15.1. The van der Waals surface area contributed by atoms with E-state index in [-0.39, 0.29) is 23.0 Å². The molecule has 0 fully saturated rings. The van der Waals surface area contributed by atoms with Crippen LogP contribution in [0.2, 0.25) is 15.7 Å². The van der Waals surface area contributed by atoms with E-state index in [0.717, 1.165) is 0 Å². The van der Waals surface area contributed by atoms with Crippen LogP contribution in [0.1, 0.15) is 0 Å². The Hall–Kier alpha value is -2.42. The summed E-state index contributed by atoms with van der Waals surface area (Å²) in [5.41, 5.74) is 0.166. The Morgan fingerprint density at radius 2 is 1.65 bits per heavy atom. The highest BCUT2D eigenvalue weighted by atomic mass is 35.5. The molecular formula is C15H9Cl3FN5O2. The van der Waals surface area contributed by atoms with E-state index in [2.05, 4.69) is 25.3 Å². The lowest BCUT2D eigenvalue weighted by molar-refractivity contribution is 0.174. The molecule has 11 heteroatoms. The summed E-state index contributed by atoms with van der Waals surface area (Å²) in [5, 5.41) is 3.42. The quantitative estimate of drug-likeness (QED) is 0.485. The van der Waals surface area contributed by atoms with Crippen LogP contribution in [0, 0.1) is 5.82 Å². The number of nitrogens with one attached hydrogen (secondary N) is 1. The second-order valence-electron chi connectivity index (χ2n) is 4.64. The summed E-state index contributed by atoms with van der Waals surface area (Å²) in [4.78, 5) is 14.9. The lowest BCUT2D eigenvalue weighted by atomic mass is 10.2. The third-order valence-electron chi connectivity index (χ3n) is 2.96. The number of hydrogen-bond donors (Lipinski definition) is 1. The zero-order valence-electron chi connectivity index (χ0n) is 12.8. The number of fused-ring (bicyclic) bond motifs is 1. The number of nitrogens with zero attached hydrogens (tertiary/aromatic N) is 4. The molecule has 4 rings (SSSR count). The van der Waals surface area contributed by atoms with E-state index in [1.807, 2.05) is 0 Å². The molecule has 1 N–H and O–H groups in total. The van der Waals surface area contributed by atoms with Gasteiger partial charge in [-0.3, -0.25) is 0 Å². The number of benzene rings is 1. The van der Waals surface area contributed by atoms with Gasteiger partial charge in [0.1, 0.15) is 16.7 Å². The van der Waals surface area contributed by atoms with E-state index < -0.39 is 5.82 Å². The van der Waals surface area contributed by atoms with Crippen molar-refractivity contribution in [2.75, 3.05) is 12.1 Å². The predicted molar refractivity (Wildman–Crippen MR) is 94.9 cm³/mol. The summed E-state index contributed by atoms with van der Waals surface area (Å²) < 4.78 is 24.1. The molecule has 2 aromatic heterocycles. The van der Waals surface area contributed by atoms with Gasteiger partial charge in [0.05, 0.1) is 0 Å². The van der Waals surface area contributed by atoms with Gasteiger partial charge >= 0.3 is 0 Å². The Balaban J connectivity index is 0.000000206. The molecule has 0 atom stereocenters. The van der Waals surface area contributed by atoms with Gasteiger partial charge in [-0.2, -0.15) is 0 Å². The minimum atomic E-state index is -0.464. The molecule has 0 saturated heterocycles. The van der Waals surface area contributed by atoms with Gasteiger partial charge in [-0.05, 0) is 47.5 Å². The van der Waals surface area contributed by atoms with Gasteiger partial charge in [-0.15, -0.1) is 0 Å². The van der Waals surface area contributed by atoms with E-state index in [0.29, 0.717) is 22.5 Å². The number of ether oxygens (including phenoxy) is 2. The average Bonchev–Trinajstić information content (AvgIpc) is 3.07. The highest BCUT2D eigenvalue weighted by molar-refractivity contribution is 6.31. The fourth-order valence-electron chi connectivity index (χ4n) is 1.91. The number of halogens is 4. The first-order valence-corrected chi connectivity index (χ1v) is 8.14. The van der Waals surface area contributed by atoms with Crippen LogP contribution in [-0.2, 0) is 0 Å². The fraction of sp³-hybridized carbons (Fsp3) is 0.0667. The van der Waals surface area contributed by atoms with Crippen molar-refractivity contribution < 1.29 is 13.9 Å². The molecular weight excluding hydrogens is 408 g/mol. The van der Waals surface area contributed by atoms with Gasteiger partial charge in [0.2, 0.25) is 17.4 Å². The van der Waals surface area contributed by atoms with Crippen LogP contribution >= 0.6 is 34.8 Å². The Kier molecular flexibility index (Phi) is 5.87. The summed E-state index contributed by atoms with van der Waals surface area (Å²) in [7, 11) is 0. The first-order valence-electron chi connectivity index (χ1n) is 7.00. The van der Waals surface area contributed by atoms with Crippen molar-refractivity contribution in [1.29, 1.82) is 0 Å². The number of anilines is 2. The normalized spacial score (nSPS) is 11.5. The largest absolute Gasteiger partial charge is 0.454 e. The van der Waals surface area contributed by atoms with Crippen LogP contribution in [0.4, 0.5) is 15.9 Å². The molecule has 3 heterocycles. The molecule has 7 nitrogen and oxygen atoms in total. The summed E-state index contributed by atoms with van der Waals surface area (Å²) in [6.07, 6.45) is 2.97. The van der Waals surface area contributed by atoms with Gasteiger partial charge < -0.3 is 14.8 Å². The maximum Gasteiger partial charge on any atom is 0.231 e. The molecule has 1 aliphatic rings. The van der Waals surface area contributed by atoms with Gasteiger partial charge in [-0.1, -0.05) is 11.6 Å². The number of aromatic nitrogens is 4. The third-order valence-corrected chi connectivity index (χ3v) is 3.53. The second kappa shape index (κ2) is 8.31. The Labute approximate surface area is 162 Å². The Morgan fingerprint density at radius 3 is 2.31 bits per heavy atom. The molecule has 1 aliphatic heterocycles. The fourth-order valence-corrected chi connectivity index (χ4v) is 2.39. The smallest absolute Gasteiger partial charge is 0.231 e. The molecule has 1 aromatic carbocycles. The zero-order chi connectivity index (χ0) is 18.5. The maximum atomic E-state index is 13.8. The Bertz CT molecular complexity index is 914. The highest BCUT2D eigenvalue weighted by Crippen LogP contribution is 2.41. The van der Waals surface area contributed by atoms with E-state index in [9.17, 15) is 4.39 Å². The minimum absolute atomic E-state index is 0.0675. The topological polar surface area (TPSA) is 82.1 Å². The van der Waals surface area contributed by atoms with Crippen LogP contribution in [-0.4, -0.2) is 26.7 Å².